The van der Waals surface area contributed by atoms with Gasteiger partial charge in [0.1, 0.15) is 0 Å². The smallest absolute Gasteiger partial charge is 1.00 e. The van der Waals surface area contributed by atoms with E-state index in [1.54, 1.807) is 4.90 Å². The molecule has 0 unspecified atom stereocenters. The van der Waals surface area contributed by atoms with Gasteiger partial charge in [-0.3, -0.25) is 4.79 Å². The summed E-state index contributed by atoms with van der Waals surface area (Å²) in [6, 6.07) is 0. The molecular weight excluding hydrogens is 277 g/mol. The van der Waals surface area contributed by atoms with Crippen LogP contribution in [0.25, 0.3) is 0 Å². The molecule has 1 amide bonds. The Bertz CT molecular complexity index is 301. The fourth-order valence-corrected chi connectivity index (χ4v) is 2.86. The van der Waals surface area contributed by atoms with Gasteiger partial charge in [0.05, 0.1) is 0 Å². The van der Waals surface area contributed by atoms with Gasteiger partial charge in [0.15, 0.2) is 0 Å². The number of hydrogen-bond acceptors (Lipinski definition) is 4. The minimum absolute atomic E-state index is 0. The Morgan fingerprint density at radius 1 is 1.37 bits per heavy atom. The molecule has 0 aliphatic heterocycles. The van der Waals surface area contributed by atoms with E-state index in [-0.39, 0.29) is 40.6 Å². The Morgan fingerprint density at radius 3 is 2.47 bits per heavy atom. The van der Waals surface area contributed by atoms with Crippen LogP contribution in [0.5, 0.6) is 0 Å². The average Bonchev–Trinajstić information content (AvgIpc) is 3.03. The fourth-order valence-electron chi connectivity index (χ4n) is 1.40. The Kier molecular flexibility index (Phi) is 13.9. The molecule has 10 heteroatoms. The molecule has 0 bridgehead atoms. The Labute approximate surface area is 145 Å². The molecule has 0 heterocycles. The van der Waals surface area contributed by atoms with E-state index in [1.807, 2.05) is 0 Å². The van der Waals surface area contributed by atoms with Crippen LogP contribution in [0.4, 0.5) is 0 Å². The molecule has 1 aliphatic carbocycles. The van der Waals surface area contributed by atoms with Crippen molar-refractivity contribution in [2.24, 2.45) is 5.92 Å². The normalized spacial score (nSPS) is 14.2. The Morgan fingerprint density at radius 2 is 2.00 bits per heavy atom. The summed E-state index contributed by atoms with van der Waals surface area (Å²) in [7, 11) is 0. The maximum atomic E-state index is 10.7. The van der Waals surface area contributed by atoms with Gasteiger partial charge in [-0.2, -0.15) is 0 Å². The van der Waals surface area contributed by atoms with Crippen LogP contribution in [0.15, 0.2) is 0 Å². The molecule has 0 aromatic carbocycles. The van der Waals surface area contributed by atoms with Gasteiger partial charge < -0.3 is 22.9 Å². The first-order chi connectivity index (χ1) is 8.01. The van der Waals surface area contributed by atoms with E-state index in [1.165, 1.54) is 12.8 Å². The van der Waals surface area contributed by atoms with Crippen LogP contribution in [-0.2, 0) is 9.36 Å². The van der Waals surface area contributed by atoms with E-state index in [0.717, 1.165) is 13.0 Å². The van der Waals surface area contributed by atoms with Gasteiger partial charge in [0, 0.05) is 31.9 Å². The Hall–Kier alpha value is 1.12. The predicted octanol–water partition coefficient (Wildman–Crippen LogP) is -5.50. The first-order valence-corrected chi connectivity index (χ1v) is 8.82. The summed E-state index contributed by atoms with van der Waals surface area (Å²) in [4.78, 5) is 29.7. The summed E-state index contributed by atoms with van der Waals surface area (Å²) in [6.45, 7) is -1.26. The standard InChI is InChI=1S/C9H19N2O4PS.2Li.2H/c12-8-11(7-9-1-2-9)5-3-10-4-6-17-16(13,14)15;;;;/h8-10H,1-7H2,(H2,13,14,15);;;;/q;2*+1;2*-1. The first-order valence-electron chi connectivity index (χ1n) is 5.61. The van der Waals surface area contributed by atoms with Crippen molar-refractivity contribution >= 4 is 24.6 Å². The molecule has 3 N–H and O–H groups in total. The molecule has 1 aliphatic rings. The SMILES string of the molecule is O=CN(CCNCCSP(=O)(O)O)CC1CC1.[H-].[H-].[Li+].[Li+]. The third-order valence-corrected chi connectivity index (χ3v) is 4.73. The first kappa shape index (κ1) is 22.4. The fraction of sp³-hybridized carbons (Fsp3) is 0.889. The average molecular weight is 298 g/mol. The molecule has 104 valence electrons. The van der Waals surface area contributed by atoms with Gasteiger partial charge in [-0.05, 0) is 30.1 Å². The van der Waals surface area contributed by atoms with Crippen LogP contribution >= 0.6 is 18.2 Å². The third kappa shape index (κ3) is 13.8. The van der Waals surface area contributed by atoms with Gasteiger partial charge in [-0.25, -0.2) is 4.57 Å². The molecule has 19 heavy (non-hydrogen) atoms. The minimum atomic E-state index is -3.94. The maximum absolute atomic E-state index is 10.7. The Balaban J connectivity index is -0.000000361. The number of carbonyl (C=O) groups excluding carboxylic acids is 1. The summed E-state index contributed by atoms with van der Waals surface area (Å²) in [5.41, 5.74) is 0. The second-order valence-electron chi connectivity index (χ2n) is 4.12. The summed E-state index contributed by atoms with van der Waals surface area (Å²) in [5, 5.41) is 3.05. The van der Waals surface area contributed by atoms with Crippen molar-refractivity contribution in [3.8, 4) is 0 Å². The number of nitrogens with zero attached hydrogens (tertiary/aromatic N) is 1. The predicted molar refractivity (Wildman–Crippen MR) is 70.0 cm³/mol. The molecule has 0 aromatic heterocycles. The number of carbonyl (C=O) groups is 1. The quantitative estimate of drug-likeness (QED) is 0.161. The molecule has 1 saturated carbocycles. The van der Waals surface area contributed by atoms with Gasteiger partial charge >= 0.3 is 44.5 Å². The van der Waals surface area contributed by atoms with Gasteiger partial charge in [0.25, 0.3) is 0 Å². The van der Waals surface area contributed by atoms with Crippen LogP contribution in [0.2, 0.25) is 0 Å². The summed E-state index contributed by atoms with van der Waals surface area (Å²) < 4.78 is 10.5. The van der Waals surface area contributed by atoms with E-state index in [9.17, 15) is 9.36 Å². The third-order valence-electron chi connectivity index (χ3n) is 2.45. The van der Waals surface area contributed by atoms with Gasteiger partial charge in [-0.15, -0.1) is 0 Å². The molecule has 0 saturated heterocycles. The molecule has 0 atom stereocenters. The minimum Gasteiger partial charge on any atom is -1.00 e. The molecule has 0 aromatic rings. The zero-order chi connectivity index (χ0) is 12.7. The van der Waals surface area contributed by atoms with E-state index < -0.39 is 6.80 Å². The molecule has 0 radical (unpaired) electrons. The number of amides is 1. The van der Waals surface area contributed by atoms with Gasteiger partial charge in [0.2, 0.25) is 6.41 Å². The van der Waals surface area contributed by atoms with Crippen LogP contribution in [0.3, 0.4) is 0 Å². The van der Waals surface area contributed by atoms with E-state index in [0.29, 0.717) is 42.7 Å². The topological polar surface area (TPSA) is 89.9 Å². The zero-order valence-corrected chi connectivity index (χ0v) is 13.3. The molecule has 6 nitrogen and oxygen atoms in total. The monoisotopic (exact) mass is 298 g/mol. The van der Waals surface area contributed by atoms with E-state index >= 15 is 0 Å². The van der Waals surface area contributed by atoms with Crippen LogP contribution in [-0.4, -0.2) is 53.0 Å². The van der Waals surface area contributed by atoms with Crippen LogP contribution in [0.1, 0.15) is 15.7 Å². The molecular formula is C9H21Li2N2O4PS. The van der Waals surface area contributed by atoms with Crippen molar-refractivity contribution in [3.05, 3.63) is 0 Å². The van der Waals surface area contributed by atoms with Crippen molar-refractivity contribution in [1.82, 2.24) is 10.2 Å². The summed E-state index contributed by atoms with van der Waals surface area (Å²) in [5.74, 6) is 1.05. The molecule has 1 fully saturated rings. The van der Waals surface area contributed by atoms with E-state index in [4.69, 9.17) is 9.79 Å². The van der Waals surface area contributed by atoms with Crippen molar-refractivity contribution in [3.63, 3.8) is 0 Å². The van der Waals surface area contributed by atoms with Crippen LogP contribution < -0.4 is 43.0 Å². The zero-order valence-electron chi connectivity index (χ0n) is 13.6. The van der Waals surface area contributed by atoms with Gasteiger partial charge in [-0.1, -0.05) is 0 Å². The second kappa shape index (κ2) is 11.7. The van der Waals surface area contributed by atoms with Crippen molar-refractivity contribution in [1.29, 1.82) is 0 Å². The summed E-state index contributed by atoms with van der Waals surface area (Å²) in [6.07, 6.45) is 3.30. The van der Waals surface area contributed by atoms with Crippen LogP contribution in [0, 0.1) is 5.92 Å². The molecule has 0 spiro atoms. The maximum Gasteiger partial charge on any atom is 1.00 e. The van der Waals surface area contributed by atoms with E-state index in [2.05, 4.69) is 5.32 Å². The number of hydrogen-bond donors (Lipinski definition) is 3. The number of nitrogens with one attached hydrogen (secondary N) is 1. The molecule has 1 rings (SSSR count). The second-order valence-corrected chi connectivity index (χ2v) is 7.97. The van der Waals surface area contributed by atoms with Crippen molar-refractivity contribution < 1.29 is 59.7 Å². The largest absolute Gasteiger partial charge is 1.00 e. The number of rotatable bonds is 10. The summed E-state index contributed by atoms with van der Waals surface area (Å²) >= 11 is 0.640. The van der Waals surface area contributed by atoms with Crippen molar-refractivity contribution in [2.75, 3.05) is 31.9 Å². The van der Waals surface area contributed by atoms with Crippen molar-refractivity contribution in [2.45, 2.75) is 12.8 Å².